The van der Waals surface area contributed by atoms with Crippen LogP contribution >= 0.6 is 0 Å². The third-order valence-corrected chi connectivity index (χ3v) is 2.50. The zero-order chi connectivity index (χ0) is 15.7. The molecule has 0 aliphatic heterocycles. The van der Waals surface area contributed by atoms with Crippen molar-refractivity contribution in [3.63, 3.8) is 0 Å². The van der Waals surface area contributed by atoms with E-state index in [1.54, 1.807) is 0 Å². The third-order valence-electron chi connectivity index (χ3n) is 2.50. The van der Waals surface area contributed by atoms with E-state index in [1.165, 1.54) is 0 Å². The molecular weight excluding hydrogens is 290 g/mol. The number of alkyl halides is 6. The number of carboxylic acid groups (broad SMARTS) is 1. The molecular formula is C12H8F6O2. The highest BCUT2D eigenvalue weighted by Crippen LogP contribution is 2.42. The molecule has 8 heteroatoms. The standard InChI is InChI=1S/C12H8F6O2/c1-6-7(3-5-9(19)20)2-4-8(11(13,14)15)10(6)12(16,17)18/h2-5H,1H3,(H,19,20)/b5-3+. The van der Waals surface area contributed by atoms with Gasteiger partial charge in [0, 0.05) is 6.08 Å². The summed E-state index contributed by atoms with van der Waals surface area (Å²) >= 11 is 0. The van der Waals surface area contributed by atoms with Crippen molar-refractivity contribution in [1.82, 2.24) is 0 Å². The highest BCUT2D eigenvalue weighted by Gasteiger charge is 2.44. The van der Waals surface area contributed by atoms with E-state index in [4.69, 9.17) is 5.11 Å². The summed E-state index contributed by atoms with van der Waals surface area (Å²) in [5.41, 5.74) is -4.52. The minimum Gasteiger partial charge on any atom is -0.478 e. The van der Waals surface area contributed by atoms with Gasteiger partial charge in [0.1, 0.15) is 0 Å². The predicted octanol–water partition coefficient (Wildman–Crippen LogP) is 4.13. The average molecular weight is 298 g/mol. The summed E-state index contributed by atoms with van der Waals surface area (Å²) in [6, 6.07) is 1.09. The quantitative estimate of drug-likeness (QED) is 0.658. The summed E-state index contributed by atoms with van der Waals surface area (Å²) in [6.07, 6.45) is -8.98. The summed E-state index contributed by atoms with van der Waals surface area (Å²) in [5, 5.41) is 8.39. The molecule has 0 radical (unpaired) electrons. The number of hydrogen-bond acceptors (Lipinski definition) is 1. The van der Waals surface area contributed by atoms with Gasteiger partial charge in [-0.25, -0.2) is 4.79 Å². The fourth-order valence-electron chi connectivity index (χ4n) is 1.67. The monoisotopic (exact) mass is 298 g/mol. The van der Waals surface area contributed by atoms with Crippen LogP contribution in [-0.4, -0.2) is 11.1 Å². The van der Waals surface area contributed by atoms with Crippen LogP contribution in [0.15, 0.2) is 18.2 Å². The van der Waals surface area contributed by atoms with Crippen molar-refractivity contribution < 1.29 is 36.2 Å². The Bertz CT molecular complexity index is 554. The molecule has 0 aliphatic carbocycles. The first-order chi connectivity index (χ1) is 8.94. The molecule has 1 N–H and O–H groups in total. The minimum atomic E-state index is -5.19. The SMILES string of the molecule is Cc1c(/C=C/C(=O)O)ccc(C(F)(F)F)c1C(F)(F)F. The smallest absolute Gasteiger partial charge is 0.417 e. The second-order valence-electron chi connectivity index (χ2n) is 3.87. The van der Waals surface area contributed by atoms with E-state index in [0.717, 1.165) is 19.1 Å². The molecule has 0 aromatic heterocycles. The van der Waals surface area contributed by atoms with Crippen LogP contribution in [0.1, 0.15) is 22.3 Å². The lowest BCUT2D eigenvalue weighted by Crippen LogP contribution is -2.18. The van der Waals surface area contributed by atoms with Crippen LogP contribution in [0.25, 0.3) is 6.08 Å². The first-order valence-corrected chi connectivity index (χ1v) is 5.13. The fraction of sp³-hybridized carbons (Fsp3) is 0.250. The molecule has 1 rings (SSSR count). The van der Waals surface area contributed by atoms with Crippen LogP contribution in [0.3, 0.4) is 0 Å². The molecule has 0 fully saturated rings. The lowest BCUT2D eigenvalue weighted by Gasteiger charge is -2.19. The molecule has 1 aromatic rings. The molecule has 20 heavy (non-hydrogen) atoms. The lowest BCUT2D eigenvalue weighted by molar-refractivity contribution is -0.162. The number of halogens is 6. The molecule has 0 spiro atoms. The zero-order valence-corrected chi connectivity index (χ0v) is 9.93. The summed E-state index contributed by atoms with van der Waals surface area (Å²) < 4.78 is 76.1. The highest BCUT2D eigenvalue weighted by atomic mass is 19.4. The van der Waals surface area contributed by atoms with E-state index in [2.05, 4.69) is 0 Å². The van der Waals surface area contributed by atoms with Gasteiger partial charge in [0.05, 0.1) is 11.1 Å². The molecule has 0 saturated heterocycles. The maximum atomic E-state index is 12.8. The number of rotatable bonds is 2. The second kappa shape index (κ2) is 5.18. The fourth-order valence-corrected chi connectivity index (χ4v) is 1.67. The second-order valence-corrected chi connectivity index (χ2v) is 3.87. The molecule has 2 nitrogen and oxygen atoms in total. The first kappa shape index (κ1) is 16.1. The average Bonchev–Trinajstić information content (AvgIpc) is 2.23. The largest absolute Gasteiger partial charge is 0.478 e. The van der Waals surface area contributed by atoms with Crippen LogP contribution in [0.4, 0.5) is 26.3 Å². The van der Waals surface area contributed by atoms with Gasteiger partial charge in [-0.05, 0) is 30.2 Å². The topological polar surface area (TPSA) is 37.3 Å². The molecule has 0 unspecified atom stereocenters. The molecule has 0 atom stereocenters. The van der Waals surface area contributed by atoms with Gasteiger partial charge in [-0.3, -0.25) is 0 Å². The van der Waals surface area contributed by atoms with E-state index in [0.29, 0.717) is 6.08 Å². The Balaban J connectivity index is 3.56. The Morgan fingerprint density at radius 1 is 1.10 bits per heavy atom. The number of carboxylic acids is 1. The molecule has 110 valence electrons. The van der Waals surface area contributed by atoms with E-state index in [-0.39, 0.29) is 11.6 Å². The van der Waals surface area contributed by atoms with Gasteiger partial charge in [-0.1, -0.05) is 6.07 Å². The Labute approximate surface area is 109 Å². The normalized spacial score (nSPS) is 12.9. The van der Waals surface area contributed by atoms with Gasteiger partial charge in [0.2, 0.25) is 0 Å². The Hall–Kier alpha value is -1.99. The van der Waals surface area contributed by atoms with Crippen molar-refractivity contribution in [1.29, 1.82) is 0 Å². The van der Waals surface area contributed by atoms with Crippen molar-refractivity contribution in [3.8, 4) is 0 Å². The Morgan fingerprint density at radius 3 is 2.05 bits per heavy atom. The summed E-state index contributed by atoms with van der Waals surface area (Å²) in [6.45, 7) is 0.861. The Kier molecular flexibility index (Phi) is 4.16. The molecule has 0 bridgehead atoms. The molecule has 0 heterocycles. The van der Waals surface area contributed by atoms with E-state index < -0.39 is 35.0 Å². The third kappa shape index (κ3) is 3.52. The van der Waals surface area contributed by atoms with Crippen LogP contribution in [0, 0.1) is 6.92 Å². The first-order valence-electron chi connectivity index (χ1n) is 5.13. The van der Waals surface area contributed by atoms with Crippen molar-refractivity contribution in [2.45, 2.75) is 19.3 Å². The van der Waals surface area contributed by atoms with E-state index in [9.17, 15) is 31.1 Å². The maximum absolute atomic E-state index is 12.8. The van der Waals surface area contributed by atoms with Crippen molar-refractivity contribution >= 4 is 12.0 Å². The molecule has 1 aromatic carbocycles. The number of benzene rings is 1. The van der Waals surface area contributed by atoms with Gasteiger partial charge in [-0.2, -0.15) is 26.3 Å². The maximum Gasteiger partial charge on any atom is 0.417 e. The number of aliphatic carboxylic acids is 1. The van der Waals surface area contributed by atoms with Gasteiger partial charge >= 0.3 is 18.3 Å². The lowest BCUT2D eigenvalue weighted by atomic mass is 9.95. The van der Waals surface area contributed by atoms with Crippen LogP contribution in [-0.2, 0) is 17.1 Å². The van der Waals surface area contributed by atoms with Crippen LogP contribution < -0.4 is 0 Å². The molecule has 0 saturated carbocycles. The van der Waals surface area contributed by atoms with Crippen molar-refractivity contribution in [2.75, 3.05) is 0 Å². The predicted molar refractivity (Wildman–Crippen MR) is 57.9 cm³/mol. The number of hydrogen-bond donors (Lipinski definition) is 1. The zero-order valence-electron chi connectivity index (χ0n) is 9.93. The van der Waals surface area contributed by atoms with Crippen molar-refractivity contribution in [3.05, 3.63) is 40.5 Å². The summed E-state index contributed by atoms with van der Waals surface area (Å²) in [4.78, 5) is 10.3. The van der Waals surface area contributed by atoms with Gasteiger partial charge in [0.15, 0.2) is 0 Å². The van der Waals surface area contributed by atoms with Gasteiger partial charge < -0.3 is 5.11 Å². The van der Waals surface area contributed by atoms with E-state index in [1.807, 2.05) is 0 Å². The summed E-state index contributed by atoms with van der Waals surface area (Å²) in [5.74, 6) is -1.42. The molecule has 0 aliphatic rings. The Morgan fingerprint density at radius 2 is 1.65 bits per heavy atom. The van der Waals surface area contributed by atoms with Gasteiger partial charge in [0.25, 0.3) is 0 Å². The van der Waals surface area contributed by atoms with Crippen LogP contribution in [0.5, 0.6) is 0 Å². The molecule has 0 amide bonds. The van der Waals surface area contributed by atoms with Crippen molar-refractivity contribution in [2.24, 2.45) is 0 Å². The number of carbonyl (C=O) groups is 1. The van der Waals surface area contributed by atoms with E-state index >= 15 is 0 Å². The summed E-state index contributed by atoms with van der Waals surface area (Å²) in [7, 11) is 0. The van der Waals surface area contributed by atoms with Crippen LogP contribution in [0.2, 0.25) is 0 Å². The van der Waals surface area contributed by atoms with Gasteiger partial charge in [-0.15, -0.1) is 0 Å². The minimum absolute atomic E-state index is 0.243. The highest BCUT2D eigenvalue weighted by molar-refractivity contribution is 5.85.